The first kappa shape index (κ1) is 15.8. The summed E-state index contributed by atoms with van der Waals surface area (Å²) in [5, 5.41) is 13.9. The zero-order valence-corrected chi connectivity index (χ0v) is 13.2. The molecule has 24 heavy (non-hydrogen) atoms. The van der Waals surface area contributed by atoms with E-state index in [4.69, 9.17) is 9.47 Å². The highest BCUT2D eigenvalue weighted by molar-refractivity contribution is 6.00. The zero-order chi connectivity index (χ0) is 16.9. The van der Waals surface area contributed by atoms with Crippen LogP contribution in [-0.4, -0.2) is 31.0 Å². The van der Waals surface area contributed by atoms with E-state index in [0.717, 1.165) is 30.1 Å². The SMILES string of the molecule is COc1cc(C2=NCCN2)ccc1OCc1ccc([N+](=O)[O-])cc1. The number of benzene rings is 2. The smallest absolute Gasteiger partial charge is 0.269 e. The Hall–Kier alpha value is -3.09. The second kappa shape index (κ2) is 6.99. The third kappa shape index (κ3) is 3.45. The van der Waals surface area contributed by atoms with E-state index >= 15 is 0 Å². The van der Waals surface area contributed by atoms with Crippen LogP contribution in [0.15, 0.2) is 47.5 Å². The van der Waals surface area contributed by atoms with Crippen LogP contribution in [-0.2, 0) is 6.61 Å². The highest BCUT2D eigenvalue weighted by Crippen LogP contribution is 2.29. The van der Waals surface area contributed by atoms with Crippen LogP contribution < -0.4 is 14.8 Å². The summed E-state index contributed by atoms with van der Waals surface area (Å²) in [5.74, 6) is 2.08. The van der Waals surface area contributed by atoms with Crippen molar-refractivity contribution in [2.45, 2.75) is 6.61 Å². The lowest BCUT2D eigenvalue weighted by atomic mass is 10.2. The molecular weight excluding hydrogens is 310 g/mol. The first-order chi connectivity index (χ1) is 11.7. The normalized spacial score (nSPS) is 13.1. The van der Waals surface area contributed by atoms with E-state index in [-0.39, 0.29) is 5.69 Å². The molecular formula is C17H17N3O4. The van der Waals surface area contributed by atoms with Crippen LogP contribution in [0.2, 0.25) is 0 Å². The molecule has 0 amide bonds. The molecule has 0 fully saturated rings. The largest absolute Gasteiger partial charge is 0.493 e. The zero-order valence-electron chi connectivity index (χ0n) is 13.2. The maximum absolute atomic E-state index is 10.7. The molecule has 7 nitrogen and oxygen atoms in total. The predicted octanol–water partition coefficient (Wildman–Crippen LogP) is 2.53. The molecule has 0 bridgehead atoms. The number of hydrogen-bond donors (Lipinski definition) is 1. The van der Waals surface area contributed by atoms with Crippen LogP contribution in [0.4, 0.5) is 5.69 Å². The van der Waals surface area contributed by atoms with E-state index < -0.39 is 4.92 Å². The summed E-state index contributed by atoms with van der Waals surface area (Å²) in [7, 11) is 1.59. The minimum absolute atomic E-state index is 0.0607. The summed E-state index contributed by atoms with van der Waals surface area (Å²) in [6.07, 6.45) is 0. The fraction of sp³-hybridized carbons (Fsp3) is 0.235. The van der Waals surface area contributed by atoms with Crippen LogP contribution in [0.1, 0.15) is 11.1 Å². The Labute approximate surface area is 139 Å². The van der Waals surface area contributed by atoms with Gasteiger partial charge in [-0.25, -0.2) is 0 Å². The van der Waals surface area contributed by atoms with Crippen LogP contribution in [0.5, 0.6) is 11.5 Å². The number of nitrogens with zero attached hydrogens (tertiary/aromatic N) is 2. The number of non-ortho nitro benzene ring substituents is 1. The van der Waals surface area contributed by atoms with Gasteiger partial charge in [0.25, 0.3) is 5.69 Å². The molecule has 1 heterocycles. The molecule has 7 heteroatoms. The van der Waals surface area contributed by atoms with Crippen molar-refractivity contribution in [3.63, 3.8) is 0 Å². The molecule has 0 aromatic heterocycles. The second-order valence-corrected chi connectivity index (χ2v) is 5.23. The Kier molecular flexibility index (Phi) is 4.60. The average Bonchev–Trinajstić information content (AvgIpc) is 3.14. The third-order valence-corrected chi connectivity index (χ3v) is 3.65. The molecule has 1 aliphatic rings. The standard InChI is InChI=1S/C17H17N3O4/c1-23-16-10-13(17-18-8-9-19-17)4-7-15(16)24-11-12-2-5-14(6-3-12)20(21)22/h2-7,10H,8-9,11H2,1H3,(H,18,19). The molecule has 0 unspecified atom stereocenters. The van der Waals surface area contributed by atoms with E-state index in [1.54, 1.807) is 19.2 Å². The number of nitrogens with one attached hydrogen (secondary N) is 1. The van der Waals surface area contributed by atoms with Gasteiger partial charge >= 0.3 is 0 Å². The molecule has 1 aliphatic heterocycles. The van der Waals surface area contributed by atoms with E-state index in [1.807, 2.05) is 18.2 Å². The fourth-order valence-electron chi connectivity index (χ4n) is 2.40. The van der Waals surface area contributed by atoms with Gasteiger partial charge in [-0.2, -0.15) is 0 Å². The predicted molar refractivity (Wildman–Crippen MR) is 89.8 cm³/mol. The van der Waals surface area contributed by atoms with E-state index in [0.29, 0.717) is 18.1 Å². The molecule has 124 valence electrons. The van der Waals surface area contributed by atoms with Crippen molar-refractivity contribution in [1.82, 2.24) is 5.32 Å². The Balaban J connectivity index is 1.71. The number of methoxy groups -OCH3 is 1. The van der Waals surface area contributed by atoms with Crippen LogP contribution in [0.3, 0.4) is 0 Å². The molecule has 3 rings (SSSR count). The Morgan fingerprint density at radius 2 is 2.00 bits per heavy atom. The van der Waals surface area contributed by atoms with Crippen molar-refractivity contribution in [3.8, 4) is 11.5 Å². The van der Waals surface area contributed by atoms with Crippen molar-refractivity contribution >= 4 is 11.5 Å². The number of ether oxygens (including phenoxy) is 2. The van der Waals surface area contributed by atoms with Crippen molar-refractivity contribution < 1.29 is 14.4 Å². The summed E-state index contributed by atoms with van der Waals surface area (Å²) in [5.41, 5.74) is 1.85. The highest BCUT2D eigenvalue weighted by atomic mass is 16.6. The summed E-state index contributed by atoms with van der Waals surface area (Å²) in [6, 6.07) is 11.9. The maximum atomic E-state index is 10.7. The van der Waals surface area contributed by atoms with Crippen molar-refractivity contribution in [1.29, 1.82) is 0 Å². The van der Waals surface area contributed by atoms with Crippen LogP contribution >= 0.6 is 0 Å². The highest BCUT2D eigenvalue weighted by Gasteiger charge is 2.12. The summed E-state index contributed by atoms with van der Waals surface area (Å²) >= 11 is 0. The number of nitro groups is 1. The molecule has 0 saturated carbocycles. The number of nitro benzene ring substituents is 1. The first-order valence-corrected chi connectivity index (χ1v) is 7.50. The molecule has 0 radical (unpaired) electrons. The average molecular weight is 327 g/mol. The third-order valence-electron chi connectivity index (χ3n) is 3.65. The maximum Gasteiger partial charge on any atom is 0.269 e. The van der Waals surface area contributed by atoms with Crippen molar-refractivity contribution in [2.75, 3.05) is 20.2 Å². The van der Waals surface area contributed by atoms with Gasteiger partial charge in [0.05, 0.1) is 18.6 Å². The van der Waals surface area contributed by atoms with Crippen LogP contribution in [0, 0.1) is 10.1 Å². The number of aliphatic imine (C=N–C) groups is 1. The first-order valence-electron chi connectivity index (χ1n) is 7.50. The lowest BCUT2D eigenvalue weighted by Crippen LogP contribution is -2.19. The van der Waals surface area contributed by atoms with E-state index in [9.17, 15) is 10.1 Å². The molecule has 0 spiro atoms. The van der Waals surface area contributed by atoms with E-state index in [1.165, 1.54) is 12.1 Å². The Morgan fingerprint density at radius 1 is 1.21 bits per heavy atom. The summed E-state index contributed by atoms with van der Waals surface area (Å²) in [6.45, 7) is 1.92. The van der Waals surface area contributed by atoms with Gasteiger partial charge in [0, 0.05) is 24.2 Å². The molecule has 2 aromatic carbocycles. The van der Waals surface area contributed by atoms with Gasteiger partial charge in [0.15, 0.2) is 11.5 Å². The van der Waals surface area contributed by atoms with Gasteiger partial charge in [0.2, 0.25) is 0 Å². The molecule has 0 saturated heterocycles. The summed E-state index contributed by atoms with van der Waals surface area (Å²) < 4.78 is 11.2. The molecule has 0 atom stereocenters. The Bertz CT molecular complexity index is 772. The van der Waals surface area contributed by atoms with Crippen molar-refractivity contribution in [2.24, 2.45) is 4.99 Å². The minimum Gasteiger partial charge on any atom is -0.493 e. The summed E-state index contributed by atoms with van der Waals surface area (Å²) in [4.78, 5) is 14.6. The van der Waals surface area contributed by atoms with Gasteiger partial charge in [-0.1, -0.05) is 0 Å². The molecule has 0 aliphatic carbocycles. The minimum atomic E-state index is -0.424. The van der Waals surface area contributed by atoms with Gasteiger partial charge < -0.3 is 14.8 Å². The second-order valence-electron chi connectivity index (χ2n) is 5.23. The van der Waals surface area contributed by atoms with E-state index in [2.05, 4.69) is 10.3 Å². The number of hydrogen-bond acceptors (Lipinski definition) is 6. The van der Waals surface area contributed by atoms with Gasteiger partial charge in [0.1, 0.15) is 12.4 Å². The number of amidine groups is 1. The van der Waals surface area contributed by atoms with Crippen molar-refractivity contribution in [3.05, 3.63) is 63.7 Å². The van der Waals surface area contributed by atoms with Crippen LogP contribution in [0.25, 0.3) is 0 Å². The molecule has 1 N–H and O–H groups in total. The van der Waals surface area contributed by atoms with Gasteiger partial charge in [-0.05, 0) is 35.9 Å². The number of rotatable bonds is 6. The lowest BCUT2D eigenvalue weighted by molar-refractivity contribution is -0.384. The Morgan fingerprint density at radius 3 is 2.62 bits per heavy atom. The van der Waals surface area contributed by atoms with Gasteiger partial charge in [-0.3, -0.25) is 15.1 Å². The monoisotopic (exact) mass is 327 g/mol. The quantitative estimate of drug-likeness (QED) is 0.651. The topological polar surface area (TPSA) is 86.0 Å². The lowest BCUT2D eigenvalue weighted by Gasteiger charge is -2.12. The fourth-order valence-corrected chi connectivity index (χ4v) is 2.40. The molecule has 2 aromatic rings. The van der Waals surface area contributed by atoms with Gasteiger partial charge in [-0.15, -0.1) is 0 Å².